The van der Waals surface area contributed by atoms with Crippen molar-refractivity contribution in [3.05, 3.63) is 64.2 Å². The Labute approximate surface area is 212 Å². The van der Waals surface area contributed by atoms with Gasteiger partial charge in [0, 0.05) is 42.9 Å². The first-order chi connectivity index (χ1) is 16.9. The quantitative estimate of drug-likeness (QED) is 0.441. The number of nitrogens with zero attached hydrogens (tertiary/aromatic N) is 3. The highest BCUT2D eigenvalue weighted by Crippen LogP contribution is 2.32. The van der Waals surface area contributed by atoms with Crippen LogP contribution in [0.3, 0.4) is 0 Å². The molecule has 0 spiro atoms. The van der Waals surface area contributed by atoms with E-state index in [-0.39, 0.29) is 35.4 Å². The first-order valence-corrected chi connectivity index (χ1v) is 11.9. The monoisotopic (exact) mass is 522 g/mol. The maximum Gasteiger partial charge on any atom is 0.258 e. The topological polar surface area (TPSA) is 89.7 Å². The molecular formula is C24H25Cl2FN4O4. The largest absolute Gasteiger partial charge is 0.484 e. The van der Waals surface area contributed by atoms with Gasteiger partial charge in [-0.1, -0.05) is 23.2 Å². The number of hydrogen-bond donors (Lipinski definition) is 1. The second kappa shape index (κ2) is 11.8. The van der Waals surface area contributed by atoms with Gasteiger partial charge >= 0.3 is 0 Å². The van der Waals surface area contributed by atoms with Crippen molar-refractivity contribution in [3.8, 4) is 17.2 Å². The van der Waals surface area contributed by atoms with E-state index in [2.05, 4.69) is 20.4 Å². The summed E-state index contributed by atoms with van der Waals surface area (Å²) in [5, 5.41) is 12.1. The van der Waals surface area contributed by atoms with Gasteiger partial charge in [-0.15, -0.1) is 10.2 Å². The van der Waals surface area contributed by atoms with Gasteiger partial charge in [0.1, 0.15) is 11.6 Å². The molecule has 3 aromatic rings. The van der Waals surface area contributed by atoms with E-state index in [1.165, 1.54) is 12.1 Å². The lowest BCUT2D eigenvalue weighted by Gasteiger charge is -2.38. The Morgan fingerprint density at radius 3 is 2.74 bits per heavy atom. The molecule has 186 valence electrons. The van der Waals surface area contributed by atoms with Crippen molar-refractivity contribution in [2.24, 2.45) is 0 Å². The predicted octanol–water partition coefficient (Wildman–Crippen LogP) is 4.53. The van der Waals surface area contributed by atoms with Crippen LogP contribution in [0.25, 0.3) is 11.5 Å². The van der Waals surface area contributed by atoms with Crippen LogP contribution in [0.5, 0.6) is 5.75 Å². The number of methoxy groups -OCH3 is 1. The van der Waals surface area contributed by atoms with Gasteiger partial charge in [-0.2, -0.15) is 0 Å². The Kier molecular flexibility index (Phi) is 8.56. The summed E-state index contributed by atoms with van der Waals surface area (Å²) in [7, 11) is 1.64. The number of carbonyl (C=O) groups is 1. The zero-order valence-electron chi connectivity index (χ0n) is 19.0. The Bertz CT molecular complexity index is 1140. The first-order valence-electron chi connectivity index (χ1n) is 11.1. The van der Waals surface area contributed by atoms with Gasteiger partial charge in [-0.25, -0.2) is 4.39 Å². The molecule has 0 aliphatic carbocycles. The highest BCUT2D eigenvalue weighted by molar-refractivity contribution is 6.31. The number of rotatable bonds is 9. The SMILES string of the molecule is COCCN1C[C@H](NC(=O)COc2ccc(Cl)c(F)c2)CC[C@H]1c1nnc(-c2ccc(Cl)cc2)o1. The van der Waals surface area contributed by atoms with E-state index in [4.69, 9.17) is 37.1 Å². The molecule has 0 unspecified atom stereocenters. The summed E-state index contributed by atoms with van der Waals surface area (Å²) in [5.41, 5.74) is 0.790. The van der Waals surface area contributed by atoms with E-state index >= 15 is 0 Å². The Morgan fingerprint density at radius 1 is 1.20 bits per heavy atom. The molecule has 1 saturated heterocycles. The lowest BCUT2D eigenvalue weighted by Crippen LogP contribution is -2.50. The van der Waals surface area contributed by atoms with Gasteiger partial charge in [-0.05, 0) is 49.2 Å². The summed E-state index contributed by atoms with van der Waals surface area (Å²) in [6.45, 7) is 1.49. The van der Waals surface area contributed by atoms with Crippen molar-refractivity contribution in [1.29, 1.82) is 0 Å². The van der Waals surface area contributed by atoms with Crippen LogP contribution < -0.4 is 10.1 Å². The number of piperidine rings is 1. The van der Waals surface area contributed by atoms with E-state index in [1.54, 1.807) is 19.2 Å². The maximum atomic E-state index is 13.6. The molecule has 0 bridgehead atoms. The molecule has 2 aromatic carbocycles. The number of aromatic nitrogens is 2. The van der Waals surface area contributed by atoms with Crippen molar-refractivity contribution in [2.75, 3.05) is 33.4 Å². The third-order valence-corrected chi connectivity index (χ3v) is 6.27. The molecule has 1 aliphatic rings. The minimum atomic E-state index is -0.600. The maximum absolute atomic E-state index is 13.6. The van der Waals surface area contributed by atoms with Crippen molar-refractivity contribution in [1.82, 2.24) is 20.4 Å². The van der Waals surface area contributed by atoms with Crippen LogP contribution in [0, 0.1) is 5.82 Å². The number of carbonyl (C=O) groups excluding carboxylic acids is 1. The minimum Gasteiger partial charge on any atom is -0.484 e. The van der Waals surface area contributed by atoms with Crippen molar-refractivity contribution in [3.63, 3.8) is 0 Å². The van der Waals surface area contributed by atoms with Gasteiger partial charge in [0.05, 0.1) is 17.7 Å². The molecule has 1 amide bonds. The summed E-state index contributed by atoms with van der Waals surface area (Å²) in [4.78, 5) is 14.6. The molecule has 2 atom stereocenters. The number of nitrogens with one attached hydrogen (secondary N) is 1. The fourth-order valence-electron chi connectivity index (χ4n) is 3.96. The van der Waals surface area contributed by atoms with Gasteiger partial charge in [0.25, 0.3) is 5.91 Å². The number of likely N-dealkylation sites (tertiary alicyclic amines) is 1. The molecular weight excluding hydrogens is 498 g/mol. The van der Waals surface area contributed by atoms with Crippen LogP contribution in [0.15, 0.2) is 46.9 Å². The van der Waals surface area contributed by atoms with E-state index in [0.29, 0.717) is 49.3 Å². The zero-order valence-corrected chi connectivity index (χ0v) is 20.6. The minimum absolute atomic E-state index is 0.00348. The van der Waals surface area contributed by atoms with Crippen molar-refractivity contribution in [2.45, 2.75) is 24.9 Å². The van der Waals surface area contributed by atoms with Crippen LogP contribution in [0.4, 0.5) is 4.39 Å². The molecule has 8 nitrogen and oxygen atoms in total. The summed E-state index contributed by atoms with van der Waals surface area (Å²) in [6.07, 6.45) is 1.42. The standard InChI is InChI=1S/C24H25Cl2FN4O4/c1-33-11-10-31-13-17(28-22(32)14-34-18-7-8-19(26)20(27)12-18)6-9-21(31)24-30-29-23(35-24)15-2-4-16(25)5-3-15/h2-5,7-8,12,17,21H,6,9-11,13-14H2,1H3,(H,28,32)/t17-,21+/m1/s1. The van der Waals surface area contributed by atoms with Crippen molar-refractivity contribution < 1.29 is 23.1 Å². The molecule has 2 heterocycles. The molecule has 0 radical (unpaired) electrons. The van der Waals surface area contributed by atoms with E-state index in [9.17, 15) is 9.18 Å². The second-order valence-corrected chi connectivity index (χ2v) is 9.01. The zero-order chi connectivity index (χ0) is 24.8. The predicted molar refractivity (Wildman–Crippen MR) is 129 cm³/mol. The molecule has 11 heteroatoms. The molecule has 1 aliphatic heterocycles. The Hall–Kier alpha value is -2.72. The van der Waals surface area contributed by atoms with E-state index < -0.39 is 5.82 Å². The molecule has 1 fully saturated rings. The number of halogens is 3. The first kappa shape index (κ1) is 25.4. The fraction of sp³-hybridized carbons (Fsp3) is 0.375. The molecule has 4 rings (SSSR count). The smallest absolute Gasteiger partial charge is 0.258 e. The normalized spacial score (nSPS) is 18.4. The number of ether oxygens (including phenoxy) is 2. The van der Waals surface area contributed by atoms with Gasteiger partial charge in [0.15, 0.2) is 6.61 Å². The van der Waals surface area contributed by atoms with E-state index in [1.807, 2.05) is 12.1 Å². The fourth-order valence-corrected chi connectivity index (χ4v) is 4.20. The number of benzene rings is 2. The summed E-state index contributed by atoms with van der Waals surface area (Å²) in [5.74, 6) is 0.286. The molecule has 35 heavy (non-hydrogen) atoms. The van der Waals surface area contributed by atoms with Crippen LogP contribution in [-0.4, -0.2) is 60.5 Å². The molecule has 1 aromatic heterocycles. The van der Waals surface area contributed by atoms with Gasteiger partial charge in [0.2, 0.25) is 11.8 Å². The highest BCUT2D eigenvalue weighted by atomic mass is 35.5. The van der Waals surface area contributed by atoms with E-state index in [0.717, 1.165) is 11.6 Å². The lowest BCUT2D eigenvalue weighted by atomic mass is 9.98. The summed E-state index contributed by atoms with van der Waals surface area (Å²) >= 11 is 11.6. The lowest BCUT2D eigenvalue weighted by molar-refractivity contribution is -0.124. The van der Waals surface area contributed by atoms with Crippen LogP contribution in [-0.2, 0) is 9.53 Å². The van der Waals surface area contributed by atoms with Crippen LogP contribution in [0.2, 0.25) is 10.0 Å². The number of hydrogen-bond acceptors (Lipinski definition) is 7. The second-order valence-electron chi connectivity index (χ2n) is 8.16. The Balaban J connectivity index is 1.36. The Morgan fingerprint density at radius 2 is 2.00 bits per heavy atom. The van der Waals surface area contributed by atoms with Gasteiger partial charge < -0.3 is 19.2 Å². The van der Waals surface area contributed by atoms with Crippen molar-refractivity contribution >= 4 is 29.1 Å². The van der Waals surface area contributed by atoms with Crippen LogP contribution in [0.1, 0.15) is 24.8 Å². The molecule has 1 N–H and O–H groups in total. The average molecular weight is 523 g/mol. The molecule has 0 saturated carbocycles. The van der Waals surface area contributed by atoms with Gasteiger partial charge in [-0.3, -0.25) is 9.69 Å². The number of amides is 1. The highest BCUT2D eigenvalue weighted by Gasteiger charge is 2.33. The summed E-state index contributed by atoms with van der Waals surface area (Å²) in [6, 6.07) is 11.0. The van der Waals surface area contributed by atoms with Crippen LogP contribution >= 0.6 is 23.2 Å². The third-order valence-electron chi connectivity index (χ3n) is 5.71. The third kappa shape index (κ3) is 6.70. The summed E-state index contributed by atoms with van der Waals surface area (Å²) < 4.78 is 30.2. The average Bonchev–Trinajstić information content (AvgIpc) is 3.34.